The summed E-state index contributed by atoms with van der Waals surface area (Å²) in [7, 11) is 3.07. The number of hydrogen-bond acceptors (Lipinski definition) is 16. The minimum Gasteiger partial charge on any atom is -0.507 e. The van der Waals surface area contributed by atoms with Crippen LogP contribution in [0.2, 0.25) is 0 Å². The number of aryl methyl sites for hydroxylation is 1. The Hall–Kier alpha value is -7.69. The van der Waals surface area contributed by atoms with E-state index in [-0.39, 0.29) is 112 Å². The molecule has 3 aromatic carbocycles. The molecule has 1 fully saturated rings. The molecular formula is C47H53N7O15. The molecule has 366 valence electrons. The molecule has 1 aliphatic carbocycles. The van der Waals surface area contributed by atoms with Crippen LogP contribution in [-0.4, -0.2) is 159 Å². The van der Waals surface area contributed by atoms with Gasteiger partial charge in [-0.2, -0.15) is 0 Å². The van der Waals surface area contributed by atoms with Crippen molar-refractivity contribution in [3.05, 3.63) is 94.1 Å². The smallest absolute Gasteiger partial charge is 0.269 e. The number of phenolic OH excluding ortho intramolecular Hbond substituents is 1. The summed E-state index contributed by atoms with van der Waals surface area (Å²) in [6, 6.07) is 12.0. The lowest BCUT2D eigenvalue weighted by Gasteiger charge is -2.27. The third kappa shape index (κ3) is 13.3. The molecule has 0 saturated carbocycles. The quantitative estimate of drug-likeness (QED) is 0.0285. The molecule has 0 aromatic heterocycles. The third-order valence-corrected chi connectivity index (χ3v) is 11.0. The highest BCUT2D eigenvalue weighted by atomic mass is 16.5. The molecule has 1 saturated heterocycles. The molecule has 22 heteroatoms. The number of amides is 8. The summed E-state index contributed by atoms with van der Waals surface area (Å²) < 4.78 is 27.7. The van der Waals surface area contributed by atoms with Gasteiger partial charge in [0.25, 0.3) is 35.4 Å². The molecule has 8 amide bonds. The predicted octanol–water partition coefficient (Wildman–Crippen LogP) is 0.958. The number of nitrogens with one attached hydrogen (secondary N) is 5. The maximum Gasteiger partial charge on any atom is 0.269 e. The number of carbonyl (C=O) groups excluding carboxylic acids is 8. The summed E-state index contributed by atoms with van der Waals surface area (Å²) in [4.78, 5) is 102. The molecule has 6 rings (SSSR count). The van der Waals surface area contributed by atoms with Crippen LogP contribution in [0.3, 0.4) is 0 Å². The molecule has 0 bridgehead atoms. The number of imide groups is 2. The van der Waals surface area contributed by atoms with Gasteiger partial charge >= 0.3 is 0 Å². The molecule has 3 aromatic rings. The average molecular weight is 956 g/mol. The maximum absolute atomic E-state index is 13.2. The summed E-state index contributed by atoms with van der Waals surface area (Å²) in [5, 5.41) is 39.3. The molecule has 0 spiro atoms. The van der Waals surface area contributed by atoms with E-state index in [2.05, 4.69) is 21.3 Å². The first kappa shape index (κ1) is 50.7. The van der Waals surface area contributed by atoms with Crippen LogP contribution in [0.1, 0.15) is 73.1 Å². The number of phenols is 1. The van der Waals surface area contributed by atoms with Crippen molar-refractivity contribution >= 4 is 58.7 Å². The van der Waals surface area contributed by atoms with Crippen molar-refractivity contribution in [3.63, 3.8) is 0 Å². The van der Waals surface area contributed by atoms with E-state index in [0.29, 0.717) is 18.6 Å². The van der Waals surface area contributed by atoms with Crippen LogP contribution in [0.15, 0.2) is 60.7 Å². The molecule has 0 radical (unpaired) electrons. The molecule has 2 aliphatic heterocycles. The molecule has 2 heterocycles. The average Bonchev–Trinajstić information content (AvgIpc) is 3.84. The van der Waals surface area contributed by atoms with E-state index >= 15 is 0 Å². The lowest BCUT2D eigenvalue weighted by Crippen LogP contribution is -2.54. The first-order valence-corrected chi connectivity index (χ1v) is 22.0. The van der Waals surface area contributed by atoms with Crippen molar-refractivity contribution in [2.75, 3.05) is 80.0 Å². The predicted molar refractivity (Wildman–Crippen MR) is 243 cm³/mol. The van der Waals surface area contributed by atoms with Crippen molar-refractivity contribution in [2.24, 2.45) is 0 Å². The normalized spacial score (nSPS) is 16.3. The number of aliphatic hydroxyl groups is 1. The standard InChI is InChI=1S/C47H53N7O15/c1-53(2)45(62)30-10-7-28(22-37(30)56)36(55)24-33(48)43(60)51-34-11-8-27-6-9-29(23-32(27)34)68-25-40(58)49-14-16-65-18-20-67-21-19-66-17-15-50-41(59)26-69-38-5-3-4-31-42(38)47(64)54(46(31)63)35-12-13-39(57)52-44(35)61/h3-7,9-10,22-24,34-35,48,55-56H,8,11-21,25-26H2,1-2H3,(H,49,58)(H,50,59)(H,51,60)(H,52,57,61)/b36-24-,48-33?/t34-,35?/m1/s1. The van der Waals surface area contributed by atoms with E-state index in [0.717, 1.165) is 22.1 Å². The second-order valence-corrected chi connectivity index (χ2v) is 16.0. The zero-order chi connectivity index (χ0) is 49.6. The molecule has 2 atom stereocenters. The number of ether oxygens (including phenoxy) is 5. The van der Waals surface area contributed by atoms with Crippen LogP contribution >= 0.6 is 0 Å². The van der Waals surface area contributed by atoms with E-state index in [4.69, 9.17) is 29.1 Å². The zero-order valence-electron chi connectivity index (χ0n) is 37.9. The largest absolute Gasteiger partial charge is 0.507 e. The van der Waals surface area contributed by atoms with Gasteiger partial charge in [-0.3, -0.25) is 54.0 Å². The Kier molecular flexibility index (Phi) is 17.5. The van der Waals surface area contributed by atoms with Crippen LogP contribution in [0, 0.1) is 5.41 Å². The zero-order valence-corrected chi connectivity index (χ0v) is 37.9. The van der Waals surface area contributed by atoms with Crippen LogP contribution in [-0.2, 0) is 44.6 Å². The summed E-state index contributed by atoms with van der Waals surface area (Å²) in [6.45, 7) is 1.16. The number of aromatic hydroxyl groups is 1. The van der Waals surface area contributed by atoms with Gasteiger partial charge in [-0.1, -0.05) is 18.2 Å². The van der Waals surface area contributed by atoms with E-state index in [1.54, 1.807) is 12.1 Å². The Morgan fingerprint density at radius 1 is 0.826 bits per heavy atom. The van der Waals surface area contributed by atoms with Crippen molar-refractivity contribution in [3.8, 4) is 17.2 Å². The van der Waals surface area contributed by atoms with Gasteiger partial charge in [-0.05, 0) is 66.8 Å². The molecule has 69 heavy (non-hydrogen) atoms. The highest BCUT2D eigenvalue weighted by molar-refractivity contribution is 6.43. The summed E-state index contributed by atoms with van der Waals surface area (Å²) in [6.07, 6.45) is 2.19. The van der Waals surface area contributed by atoms with E-state index in [1.807, 2.05) is 6.07 Å². The highest BCUT2D eigenvalue weighted by Gasteiger charge is 2.46. The Morgan fingerprint density at radius 2 is 1.49 bits per heavy atom. The van der Waals surface area contributed by atoms with Gasteiger partial charge in [-0.15, -0.1) is 0 Å². The topological polar surface area (TPSA) is 302 Å². The monoisotopic (exact) mass is 955 g/mol. The van der Waals surface area contributed by atoms with E-state index in [9.17, 15) is 48.6 Å². The number of benzene rings is 3. The van der Waals surface area contributed by atoms with Gasteiger partial charge in [0.1, 0.15) is 34.8 Å². The SMILES string of the molecule is CN(C)C(=O)c1ccc(/C(O)=C/C(=N)C(=O)N[C@@H]2CCc3ccc(OCC(=O)NCCOCCOCCOCCNC(=O)COc4cccc5c4C(=O)N(C4CCC(=O)NC4=O)C5=O)cc32)cc1O. The number of fused-ring (bicyclic) bond motifs is 2. The number of nitrogens with zero attached hydrogens (tertiary/aromatic N) is 2. The van der Waals surface area contributed by atoms with Gasteiger partial charge < -0.3 is 54.7 Å². The second-order valence-electron chi connectivity index (χ2n) is 16.0. The number of aliphatic hydroxyl groups excluding tert-OH is 1. The first-order chi connectivity index (χ1) is 33.1. The first-order valence-electron chi connectivity index (χ1n) is 22.0. The van der Waals surface area contributed by atoms with Crippen LogP contribution in [0.25, 0.3) is 5.76 Å². The van der Waals surface area contributed by atoms with Crippen molar-refractivity contribution in [2.45, 2.75) is 37.8 Å². The fourth-order valence-corrected chi connectivity index (χ4v) is 7.52. The lowest BCUT2D eigenvalue weighted by molar-refractivity contribution is -0.136. The minimum atomic E-state index is -1.13. The Bertz CT molecular complexity index is 2530. The molecular weight excluding hydrogens is 903 g/mol. The van der Waals surface area contributed by atoms with Gasteiger partial charge in [-0.25, -0.2) is 0 Å². The Labute approximate surface area is 395 Å². The number of hydrogen-bond donors (Lipinski definition) is 7. The molecule has 1 unspecified atom stereocenters. The van der Waals surface area contributed by atoms with Crippen molar-refractivity contribution < 1.29 is 72.3 Å². The van der Waals surface area contributed by atoms with Crippen molar-refractivity contribution in [1.29, 1.82) is 5.41 Å². The van der Waals surface area contributed by atoms with E-state index in [1.165, 1.54) is 55.4 Å². The van der Waals surface area contributed by atoms with Crippen molar-refractivity contribution in [1.82, 2.24) is 31.1 Å². The summed E-state index contributed by atoms with van der Waals surface area (Å²) in [5.41, 5.74) is 1.36. The molecule has 7 N–H and O–H groups in total. The second kappa shape index (κ2) is 23.9. The maximum atomic E-state index is 13.2. The summed E-state index contributed by atoms with van der Waals surface area (Å²) in [5.74, 6) is -5.05. The minimum absolute atomic E-state index is 0.0115. The van der Waals surface area contributed by atoms with Gasteiger partial charge in [0.05, 0.1) is 62.4 Å². The Morgan fingerprint density at radius 3 is 2.14 bits per heavy atom. The van der Waals surface area contributed by atoms with Crippen LogP contribution in [0.5, 0.6) is 17.2 Å². The van der Waals surface area contributed by atoms with Gasteiger partial charge in [0.2, 0.25) is 11.8 Å². The summed E-state index contributed by atoms with van der Waals surface area (Å²) >= 11 is 0. The van der Waals surface area contributed by atoms with Crippen LogP contribution < -0.4 is 30.7 Å². The third-order valence-electron chi connectivity index (χ3n) is 11.0. The fraction of sp³-hybridized carbons (Fsp3) is 0.383. The Balaban J connectivity index is 0.782. The van der Waals surface area contributed by atoms with Gasteiger partial charge in [0, 0.05) is 45.2 Å². The number of piperidine rings is 1. The molecule has 22 nitrogen and oxygen atoms in total. The van der Waals surface area contributed by atoms with E-state index < -0.39 is 71.5 Å². The molecule has 3 aliphatic rings. The number of rotatable bonds is 24. The lowest BCUT2D eigenvalue weighted by atomic mass is 10.0. The van der Waals surface area contributed by atoms with Gasteiger partial charge in [0.15, 0.2) is 13.2 Å². The fourth-order valence-electron chi connectivity index (χ4n) is 7.52. The highest BCUT2D eigenvalue weighted by Crippen LogP contribution is 2.35. The number of carbonyl (C=O) groups is 8. The van der Waals surface area contributed by atoms with Crippen LogP contribution in [0.4, 0.5) is 0 Å².